The van der Waals surface area contributed by atoms with Gasteiger partial charge < -0.3 is 10.5 Å². The van der Waals surface area contributed by atoms with E-state index in [4.69, 9.17) is 10.5 Å². The number of likely N-dealkylation sites (N-methyl/N-ethyl adjacent to an activating group) is 1. The molecule has 1 aliphatic carbocycles. The molecule has 2 rings (SSSR count). The van der Waals surface area contributed by atoms with Crippen LogP contribution in [0.3, 0.4) is 0 Å². The van der Waals surface area contributed by atoms with Gasteiger partial charge in [-0.1, -0.05) is 32.0 Å². The van der Waals surface area contributed by atoms with Gasteiger partial charge in [-0.2, -0.15) is 0 Å². The molecule has 106 valence electrons. The Hall–Kier alpha value is -1.06. The molecular formula is C16H26N2O. The molecule has 1 aliphatic rings. The first-order chi connectivity index (χ1) is 9.22. The van der Waals surface area contributed by atoms with Gasteiger partial charge in [0.1, 0.15) is 5.75 Å². The zero-order chi connectivity index (χ0) is 13.8. The summed E-state index contributed by atoms with van der Waals surface area (Å²) in [5, 5.41) is 0. The Morgan fingerprint density at radius 2 is 2.00 bits per heavy atom. The van der Waals surface area contributed by atoms with Crippen molar-refractivity contribution in [3.63, 3.8) is 0 Å². The van der Waals surface area contributed by atoms with Gasteiger partial charge in [-0.05, 0) is 31.9 Å². The minimum Gasteiger partial charge on any atom is -0.496 e. The van der Waals surface area contributed by atoms with E-state index < -0.39 is 0 Å². The Morgan fingerprint density at radius 1 is 1.32 bits per heavy atom. The van der Waals surface area contributed by atoms with Crippen LogP contribution in [-0.4, -0.2) is 30.6 Å². The van der Waals surface area contributed by atoms with Crippen molar-refractivity contribution in [3.05, 3.63) is 29.8 Å². The number of rotatable bonds is 7. The Bertz CT molecular complexity index is 403. The van der Waals surface area contributed by atoms with Gasteiger partial charge in [0.25, 0.3) is 0 Å². The first-order valence-corrected chi connectivity index (χ1v) is 7.37. The van der Waals surface area contributed by atoms with E-state index in [9.17, 15) is 0 Å². The fourth-order valence-electron chi connectivity index (χ4n) is 2.88. The molecule has 0 heterocycles. The number of para-hydroxylation sites is 1. The van der Waals surface area contributed by atoms with Gasteiger partial charge in [0.05, 0.1) is 13.2 Å². The van der Waals surface area contributed by atoms with E-state index >= 15 is 0 Å². The highest BCUT2D eigenvalue weighted by Crippen LogP contribution is 2.39. The fourth-order valence-corrected chi connectivity index (χ4v) is 2.88. The minimum absolute atomic E-state index is 0.150. The van der Waals surface area contributed by atoms with Crippen LogP contribution in [0.2, 0.25) is 0 Å². The lowest BCUT2D eigenvalue weighted by Gasteiger charge is -2.35. The number of ether oxygens (including phenoxy) is 1. The molecule has 1 aromatic carbocycles. The zero-order valence-electron chi connectivity index (χ0n) is 12.3. The molecule has 0 aliphatic heterocycles. The lowest BCUT2D eigenvalue weighted by Crippen LogP contribution is -2.42. The second kappa shape index (κ2) is 6.40. The van der Waals surface area contributed by atoms with Crippen molar-refractivity contribution < 1.29 is 4.74 Å². The maximum atomic E-state index is 6.42. The topological polar surface area (TPSA) is 38.5 Å². The molecule has 3 heteroatoms. The molecule has 3 nitrogen and oxygen atoms in total. The highest BCUT2D eigenvalue weighted by molar-refractivity contribution is 5.37. The monoisotopic (exact) mass is 262 g/mol. The minimum atomic E-state index is 0.150. The Kier molecular flexibility index (Phi) is 4.83. The van der Waals surface area contributed by atoms with Gasteiger partial charge in [0.2, 0.25) is 0 Å². The molecule has 0 radical (unpaired) electrons. The van der Waals surface area contributed by atoms with Crippen LogP contribution in [0.5, 0.6) is 5.75 Å². The summed E-state index contributed by atoms with van der Waals surface area (Å²) in [6.45, 7) is 5.43. The molecule has 19 heavy (non-hydrogen) atoms. The Morgan fingerprint density at radius 3 is 2.53 bits per heavy atom. The Balaban J connectivity index is 2.35. The van der Waals surface area contributed by atoms with E-state index in [1.165, 1.54) is 18.4 Å². The summed E-state index contributed by atoms with van der Waals surface area (Å²) in [5.41, 5.74) is 7.65. The molecular weight excluding hydrogens is 236 g/mol. The summed E-state index contributed by atoms with van der Waals surface area (Å²) >= 11 is 0. The third kappa shape index (κ3) is 3.10. The third-order valence-corrected chi connectivity index (χ3v) is 4.07. The van der Waals surface area contributed by atoms with Crippen LogP contribution in [0.25, 0.3) is 0 Å². The quantitative estimate of drug-likeness (QED) is 0.821. The molecule has 1 saturated carbocycles. The van der Waals surface area contributed by atoms with Crippen molar-refractivity contribution in [2.24, 2.45) is 5.73 Å². The van der Waals surface area contributed by atoms with Crippen LogP contribution in [0.4, 0.5) is 0 Å². The molecule has 2 N–H and O–H groups in total. The summed E-state index contributed by atoms with van der Waals surface area (Å²) in [5.74, 6) is 0.954. The van der Waals surface area contributed by atoms with E-state index in [1.807, 2.05) is 12.1 Å². The van der Waals surface area contributed by atoms with Crippen molar-refractivity contribution in [1.29, 1.82) is 0 Å². The predicted octanol–water partition coefficient (Wildman–Crippen LogP) is 2.96. The van der Waals surface area contributed by atoms with Crippen LogP contribution in [-0.2, 0) is 0 Å². The number of nitrogens with two attached hydrogens (primary N) is 1. The highest BCUT2D eigenvalue weighted by atomic mass is 16.5. The summed E-state index contributed by atoms with van der Waals surface area (Å²) < 4.78 is 5.53. The van der Waals surface area contributed by atoms with Crippen LogP contribution < -0.4 is 10.5 Å². The first-order valence-electron chi connectivity index (χ1n) is 7.37. The summed E-state index contributed by atoms with van der Waals surface area (Å²) in [6.07, 6.45) is 3.58. The first kappa shape index (κ1) is 14.4. The van der Waals surface area contributed by atoms with Crippen LogP contribution in [0.15, 0.2) is 24.3 Å². The standard InChI is InChI=1S/C16H26N2O/c1-4-14(17)16(18(5-2)12-10-11-12)13-8-6-7-9-15(13)19-3/h6-9,12,14,16H,4-5,10-11,17H2,1-3H3. The number of benzene rings is 1. The van der Waals surface area contributed by atoms with E-state index in [-0.39, 0.29) is 12.1 Å². The van der Waals surface area contributed by atoms with E-state index in [2.05, 4.69) is 30.9 Å². The highest BCUT2D eigenvalue weighted by Gasteiger charge is 2.36. The maximum Gasteiger partial charge on any atom is 0.123 e. The normalized spacial score (nSPS) is 18.4. The number of methoxy groups -OCH3 is 1. The third-order valence-electron chi connectivity index (χ3n) is 4.07. The van der Waals surface area contributed by atoms with Crippen LogP contribution in [0.1, 0.15) is 44.7 Å². The predicted molar refractivity (Wildman–Crippen MR) is 79.4 cm³/mol. The Labute approximate surface area is 116 Å². The average molecular weight is 262 g/mol. The summed E-state index contributed by atoms with van der Waals surface area (Å²) in [4.78, 5) is 2.55. The molecule has 0 amide bonds. The van der Waals surface area contributed by atoms with Gasteiger partial charge in [-0.15, -0.1) is 0 Å². The molecule has 2 atom stereocenters. The second-order valence-corrected chi connectivity index (χ2v) is 5.32. The molecule has 0 spiro atoms. The molecule has 1 aromatic rings. The van der Waals surface area contributed by atoms with Gasteiger partial charge >= 0.3 is 0 Å². The largest absolute Gasteiger partial charge is 0.496 e. The second-order valence-electron chi connectivity index (χ2n) is 5.32. The number of nitrogens with zero attached hydrogens (tertiary/aromatic N) is 1. The van der Waals surface area contributed by atoms with Crippen molar-refractivity contribution in [2.45, 2.75) is 51.2 Å². The molecule has 0 bridgehead atoms. The van der Waals surface area contributed by atoms with Crippen molar-refractivity contribution in [2.75, 3.05) is 13.7 Å². The van der Waals surface area contributed by atoms with Crippen molar-refractivity contribution >= 4 is 0 Å². The van der Waals surface area contributed by atoms with E-state index in [0.29, 0.717) is 6.04 Å². The molecule has 1 fully saturated rings. The van der Waals surface area contributed by atoms with E-state index in [0.717, 1.165) is 18.7 Å². The molecule has 2 unspecified atom stereocenters. The van der Waals surface area contributed by atoms with Crippen LogP contribution >= 0.6 is 0 Å². The zero-order valence-corrected chi connectivity index (χ0v) is 12.3. The lowest BCUT2D eigenvalue weighted by molar-refractivity contribution is 0.165. The SMILES string of the molecule is CCC(N)C(c1ccccc1OC)N(CC)C1CC1. The van der Waals surface area contributed by atoms with Crippen molar-refractivity contribution in [3.8, 4) is 5.75 Å². The van der Waals surface area contributed by atoms with Crippen molar-refractivity contribution in [1.82, 2.24) is 4.90 Å². The fraction of sp³-hybridized carbons (Fsp3) is 0.625. The molecule has 0 saturated heterocycles. The van der Waals surface area contributed by atoms with E-state index in [1.54, 1.807) is 7.11 Å². The smallest absolute Gasteiger partial charge is 0.123 e. The summed E-state index contributed by atoms with van der Waals surface area (Å²) in [6, 6.07) is 9.40. The maximum absolute atomic E-state index is 6.42. The number of hydrogen-bond acceptors (Lipinski definition) is 3. The molecule has 0 aromatic heterocycles. The van der Waals surface area contributed by atoms with Gasteiger partial charge in [-0.25, -0.2) is 0 Å². The average Bonchev–Trinajstić information content (AvgIpc) is 3.28. The van der Waals surface area contributed by atoms with Crippen LogP contribution in [0, 0.1) is 0 Å². The van der Waals surface area contributed by atoms with Gasteiger partial charge in [-0.3, -0.25) is 4.90 Å². The van der Waals surface area contributed by atoms with Gasteiger partial charge in [0.15, 0.2) is 0 Å². The number of hydrogen-bond donors (Lipinski definition) is 1. The van der Waals surface area contributed by atoms with Gasteiger partial charge in [0, 0.05) is 17.6 Å². The lowest BCUT2D eigenvalue weighted by atomic mass is 9.95. The summed E-state index contributed by atoms with van der Waals surface area (Å²) in [7, 11) is 1.74.